The monoisotopic (exact) mass is 369 g/mol. The van der Waals surface area contributed by atoms with Crippen LogP contribution in [0, 0.1) is 17.7 Å². The first-order valence-corrected chi connectivity index (χ1v) is 9.93. The van der Waals surface area contributed by atoms with Gasteiger partial charge in [-0.15, -0.1) is 0 Å². The normalized spacial score (nSPS) is 25.4. The highest BCUT2D eigenvalue weighted by atomic mass is 32.2. The number of hydrogen-bond acceptors (Lipinski definition) is 3. The Kier molecular flexibility index (Phi) is 5.02. The van der Waals surface area contributed by atoms with Gasteiger partial charge in [-0.2, -0.15) is 12.7 Å². The molecule has 1 N–H and O–H groups in total. The average Bonchev–Trinajstić information content (AvgIpc) is 3.16. The van der Waals surface area contributed by atoms with Crippen LogP contribution in [0.2, 0.25) is 0 Å². The van der Waals surface area contributed by atoms with Crippen LogP contribution in [0.4, 0.5) is 10.1 Å². The molecule has 25 heavy (non-hydrogen) atoms. The number of amides is 1. The van der Waals surface area contributed by atoms with Gasteiger partial charge in [-0.1, -0.05) is 18.6 Å². The van der Waals surface area contributed by atoms with E-state index in [1.54, 1.807) is 6.07 Å². The van der Waals surface area contributed by atoms with Gasteiger partial charge >= 0.3 is 10.2 Å². The zero-order valence-corrected chi connectivity index (χ0v) is 15.3. The van der Waals surface area contributed by atoms with Crippen LogP contribution in [0.1, 0.15) is 25.7 Å². The molecule has 138 valence electrons. The maximum Gasteiger partial charge on any atom is 0.304 e. The summed E-state index contributed by atoms with van der Waals surface area (Å²) in [4.78, 5) is 12.5. The van der Waals surface area contributed by atoms with E-state index < -0.39 is 28.5 Å². The molecule has 1 aromatic carbocycles. The quantitative estimate of drug-likeness (QED) is 0.830. The molecule has 3 atom stereocenters. The van der Waals surface area contributed by atoms with Gasteiger partial charge in [0.25, 0.3) is 0 Å². The summed E-state index contributed by atoms with van der Waals surface area (Å²) < 4.78 is 41.1. The van der Waals surface area contributed by atoms with Gasteiger partial charge in [-0.3, -0.25) is 4.79 Å². The molecule has 2 saturated carbocycles. The van der Waals surface area contributed by atoms with Gasteiger partial charge in [0.15, 0.2) is 0 Å². The number of benzene rings is 1. The van der Waals surface area contributed by atoms with E-state index in [4.69, 9.17) is 0 Å². The Morgan fingerprint density at radius 3 is 2.52 bits per heavy atom. The lowest BCUT2D eigenvalue weighted by molar-refractivity contribution is -0.120. The lowest BCUT2D eigenvalue weighted by atomic mass is 9.95. The molecule has 8 heteroatoms. The van der Waals surface area contributed by atoms with E-state index >= 15 is 0 Å². The summed E-state index contributed by atoms with van der Waals surface area (Å²) in [6, 6.07) is 5.68. The minimum Gasteiger partial charge on any atom is -0.352 e. The summed E-state index contributed by atoms with van der Waals surface area (Å²) in [5, 5.41) is 2.95. The van der Waals surface area contributed by atoms with Crippen LogP contribution in [0.3, 0.4) is 0 Å². The summed E-state index contributed by atoms with van der Waals surface area (Å²) in [6.07, 6.45) is 4.42. The Balaban J connectivity index is 1.78. The fourth-order valence-corrected chi connectivity index (χ4v) is 5.02. The highest BCUT2D eigenvalue weighted by Crippen LogP contribution is 2.44. The summed E-state index contributed by atoms with van der Waals surface area (Å²) in [6.45, 7) is -0.435. The topological polar surface area (TPSA) is 69.7 Å². The molecule has 2 fully saturated rings. The van der Waals surface area contributed by atoms with Gasteiger partial charge in [0.05, 0.1) is 5.69 Å². The Hall–Kier alpha value is -1.67. The third kappa shape index (κ3) is 3.64. The van der Waals surface area contributed by atoms with Crippen LogP contribution < -0.4 is 9.62 Å². The number of nitrogens with one attached hydrogen (secondary N) is 1. The first-order chi connectivity index (χ1) is 11.8. The number of para-hydroxylation sites is 1. The lowest BCUT2D eigenvalue weighted by Crippen LogP contribution is -2.48. The molecule has 2 aliphatic carbocycles. The maximum absolute atomic E-state index is 14.2. The first kappa shape index (κ1) is 18.1. The number of anilines is 1. The van der Waals surface area contributed by atoms with Crippen molar-refractivity contribution in [2.75, 3.05) is 24.9 Å². The molecule has 0 spiro atoms. The zero-order valence-electron chi connectivity index (χ0n) is 14.5. The number of halogens is 1. The highest BCUT2D eigenvalue weighted by molar-refractivity contribution is 7.90. The Bertz CT molecular complexity index is 753. The van der Waals surface area contributed by atoms with Crippen LogP contribution in [0.15, 0.2) is 24.3 Å². The number of rotatable bonds is 6. The average molecular weight is 369 g/mol. The molecule has 3 rings (SSSR count). The van der Waals surface area contributed by atoms with Gasteiger partial charge in [-0.25, -0.2) is 8.70 Å². The van der Waals surface area contributed by atoms with E-state index in [1.807, 2.05) is 0 Å². The van der Waals surface area contributed by atoms with Crippen molar-refractivity contribution in [3.05, 3.63) is 30.1 Å². The van der Waals surface area contributed by atoms with Crippen LogP contribution in [0.5, 0.6) is 0 Å². The number of carbonyl (C=O) groups excluding carboxylic acids is 1. The third-order valence-corrected chi connectivity index (χ3v) is 7.04. The minimum atomic E-state index is -3.99. The molecule has 0 aliphatic heterocycles. The van der Waals surface area contributed by atoms with E-state index in [-0.39, 0.29) is 11.7 Å². The van der Waals surface area contributed by atoms with E-state index in [0.29, 0.717) is 11.8 Å². The SMILES string of the molecule is CN(C)S(=O)(=O)N(CC(=O)N[C@H]1C[C@H]2CC[C@H]1C2)c1ccccc1F. The fourth-order valence-electron chi connectivity index (χ4n) is 3.95. The molecule has 2 aliphatic rings. The predicted octanol–water partition coefficient (Wildman–Crippen LogP) is 1.74. The Labute approximate surface area is 148 Å². The van der Waals surface area contributed by atoms with Gasteiger partial charge in [0.2, 0.25) is 5.91 Å². The van der Waals surface area contributed by atoms with E-state index in [2.05, 4.69) is 5.32 Å². The molecule has 0 aromatic heterocycles. The van der Waals surface area contributed by atoms with Crippen LogP contribution in [0.25, 0.3) is 0 Å². The molecule has 6 nitrogen and oxygen atoms in total. The molecule has 0 unspecified atom stereocenters. The number of hydrogen-bond donors (Lipinski definition) is 1. The molecule has 2 bridgehead atoms. The second kappa shape index (κ2) is 6.92. The van der Waals surface area contributed by atoms with Crippen molar-refractivity contribution in [3.8, 4) is 0 Å². The molecule has 1 aromatic rings. The Morgan fingerprint density at radius 1 is 1.24 bits per heavy atom. The van der Waals surface area contributed by atoms with Gasteiger partial charge in [0.1, 0.15) is 12.4 Å². The highest BCUT2D eigenvalue weighted by Gasteiger charge is 2.40. The maximum atomic E-state index is 14.2. The van der Waals surface area contributed by atoms with Crippen molar-refractivity contribution in [3.63, 3.8) is 0 Å². The number of fused-ring (bicyclic) bond motifs is 2. The van der Waals surface area contributed by atoms with Crippen LogP contribution in [-0.2, 0) is 15.0 Å². The van der Waals surface area contributed by atoms with Crippen molar-refractivity contribution < 1.29 is 17.6 Å². The first-order valence-electron chi connectivity index (χ1n) is 8.53. The summed E-state index contributed by atoms with van der Waals surface area (Å²) in [5.41, 5.74) is -0.126. The van der Waals surface area contributed by atoms with Gasteiger partial charge in [0, 0.05) is 20.1 Å². The smallest absolute Gasteiger partial charge is 0.304 e. The third-order valence-electron chi connectivity index (χ3n) is 5.23. The van der Waals surface area contributed by atoms with Crippen molar-refractivity contribution in [2.45, 2.75) is 31.7 Å². The molecule has 0 radical (unpaired) electrons. The standard InChI is InChI=1S/C17H24FN3O3S/c1-20(2)25(23,24)21(16-6-4-3-5-14(16)18)11-17(22)19-15-10-12-7-8-13(15)9-12/h3-6,12-13,15H,7-11H2,1-2H3,(H,19,22)/t12-,13-,15-/m0/s1. The molecular formula is C17H24FN3O3S. The summed E-state index contributed by atoms with van der Waals surface area (Å²) >= 11 is 0. The Morgan fingerprint density at radius 2 is 1.96 bits per heavy atom. The van der Waals surface area contributed by atoms with Gasteiger partial charge < -0.3 is 5.32 Å². The van der Waals surface area contributed by atoms with Crippen molar-refractivity contribution in [1.29, 1.82) is 0 Å². The van der Waals surface area contributed by atoms with Crippen molar-refractivity contribution in [2.24, 2.45) is 11.8 Å². The second-order valence-electron chi connectivity index (χ2n) is 7.10. The fraction of sp³-hybridized carbons (Fsp3) is 0.588. The lowest BCUT2D eigenvalue weighted by Gasteiger charge is -2.29. The van der Waals surface area contributed by atoms with Crippen molar-refractivity contribution in [1.82, 2.24) is 9.62 Å². The molecule has 0 saturated heterocycles. The van der Waals surface area contributed by atoms with Crippen LogP contribution in [-0.4, -0.2) is 45.3 Å². The van der Waals surface area contributed by atoms with E-state index in [1.165, 1.54) is 38.7 Å². The van der Waals surface area contributed by atoms with E-state index in [0.717, 1.165) is 27.9 Å². The minimum absolute atomic E-state index is 0.107. The predicted molar refractivity (Wildman–Crippen MR) is 93.7 cm³/mol. The summed E-state index contributed by atoms with van der Waals surface area (Å²) in [7, 11) is -1.27. The van der Waals surface area contributed by atoms with Crippen molar-refractivity contribution >= 4 is 21.8 Å². The second-order valence-corrected chi connectivity index (χ2v) is 9.16. The molecule has 1 amide bonds. The van der Waals surface area contributed by atoms with Gasteiger partial charge in [-0.05, 0) is 43.2 Å². The van der Waals surface area contributed by atoms with E-state index in [9.17, 15) is 17.6 Å². The number of carbonyl (C=O) groups is 1. The largest absolute Gasteiger partial charge is 0.352 e. The summed E-state index contributed by atoms with van der Waals surface area (Å²) in [5.74, 6) is 0.0803. The zero-order chi connectivity index (χ0) is 18.2. The molecular weight excluding hydrogens is 345 g/mol. The number of nitrogens with zero attached hydrogens (tertiary/aromatic N) is 2. The van der Waals surface area contributed by atoms with Crippen LogP contribution >= 0.6 is 0 Å². The molecule has 0 heterocycles.